The third kappa shape index (κ3) is 3.46. The van der Waals surface area contributed by atoms with Crippen LogP contribution in [0.2, 0.25) is 5.02 Å². The summed E-state index contributed by atoms with van der Waals surface area (Å²) in [6, 6.07) is 6.74. The van der Waals surface area contributed by atoms with Crippen molar-refractivity contribution >= 4 is 43.3 Å². The summed E-state index contributed by atoms with van der Waals surface area (Å²) in [5.74, 6) is -1.11. The Morgan fingerprint density at radius 2 is 1.84 bits per heavy atom. The van der Waals surface area contributed by atoms with Crippen molar-refractivity contribution in [2.24, 2.45) is 4.40 Å². The number of fused-ring (bicyclic) bond motifs is 1. The minimum atomic E-state index is -4.16. The average Bonchev–Trinajstić information content (AvgIpc) is 2.49. The Hall–Kier alpha value is -2.17. The molecule has 11 heteroatoms. The van der Waals surface area contributed by atoms with E-state index < -0.39 is 31.8 Å². The predicted molar refractivity (Wildman–Crippen MR) is 91.2 cm³/mol. The van der Waals surface area contributed by atoms with Crippen LogP contribution in [0.15, 0.2) is 50.6 Å². The molecule has 0 fully saturated rings. The number of benzene rings is 2. The van der Waals surface area contributed by atoms with E-state index in [9.17, 15) is 21.2 Å². The Kier molecular flexibility index (Phi) is 4.21. The Labute approximate surface area is 148 Å². The molecule has 0 spiro atoms. The molecule has 2 N–H and O–H groups in total. The maximum absolute atomic E-state index is 12.9. The smallest absolute Gasteiger partial charge is 0.287 e. The van der Waals surface area contributed by atoms with Gasteiger partial charge in [-0.05, 0) is 48.9 Å². The van der Waals surface area contributed by atoms with E-state index in [1.165, 1.54) is 12.1 Å². The van der Waals surface area contributed by atoms with E-state index in [4.69, 9.17) is 11.6 Å². The minimum absolute atomic E-state index is 0.0995. The van der Waals surface area contributed by atoms with Crippen LogP contribution in [0.1, 0.15) is 5.56 Å². The lowest BCUT2D eigenvalue weighted by molar-refractivity contribution is 0.591. The van der Waals surface area contributed by atoms with Crippen molar-refractivity contribution in [3.8, 4) is 0 Å². The van der Waals surface area contributed by atoms with Gasteiger partial charge >= 0.3 is 0 Å². The summed E-state index contributed by atoms with van der Waals surface area (Å²) in [5, 5.41) is 2.89. The third-order valence-electron chi connectivity index (χ3n) is 3.36. The Balaban J connectivity index is 1.98. The van der Waals surface area contributed by atoms with Crippen LogP contribution in [0.3, 0.4) is 0 Å². The van der Waals surface area contributed by atoms with Gasteiger partial charge in [-0.3, -0.25) is 0 Å². The Morgan fingerprint density at radius 1 is 1.20 bits per heavy atom. The number of hydrogen-bond donors (Lipinski definition) is 2. The molecular weight excluding hydrogens is 393 g/mol. The van der Waals surface area contributed by atoms with Gasteiger partial charge in [0, 0.05) is 5.02 Å². The lowest BCUT2D eigenvalue weighted by atomic mass is 10.2. The van der Waals surface area contributed by atoms with Crippen LogP contribution >= 0.6 is 11.6 Å². The summed E-state index contributed by atoms with van der Waals surface area (Å²) in [7, 11) is -8.27. The number of nitrogens with one attached hydrogen (secondary N) is 2. The molecule has 7 nitrogen and oxygen atoms in total. The van der Waals surface area contributed by atoms with Crippen LogP contribution in [0.25, 0.3) is 0 Å². The standard InChI is InChI=1S/C14H11ClFN3O4S2/c1-8-6-13-12(7-11(8)15)17-14(19-25(13,22)23)18-24(20,21)10-4-2-9(16)3-5-10/h2-7H,1H3,(H2,17,18,19). The monoisotopic (exact) mass is 403 g/mol. The van der Waals surface area contributed by atoms with Crippen LogP contribution < -0.4 is 10.0 Å². The van der Waals surface area contributed by atoms with Gasteiger partial charge in [-0.2, -0.15) is 8.42 Å². The van der Waals surface area contributed by atoms with E-state index in [0.29, 0.717) is 10.6 Å². The molecule has 0 atom stereocenters. The third-order valence-corrected chi connectivity index (χ3v) is 6.44. The number of guanidine groups is 1. The average molecular weight is 404 g/mol. The summed E-state index contributed by atoms with van der Waals surface area (Å²) in [6.07, 6.45) is 0. The van der Waals surface area contributed by atoms with Crippen LogP contribution in [0.4, 0.5) is 10.1 Å². The zero-order valence-electron chi connectivity index (χ0n) is 12.6. The molecular formula is C14H11ClFN3O4S2. The largest absolute Gasteiger partial charge is 0.323 e. The highest BCUT2D eigenvalue weighted by Crippen LogP contribution is 2.32. The van der Waals surface area contributed by atoms with Gasteiger partial charge < -0.3 is 5.32 Å². The number of sulfonamides is 2. The summed E-state index contributed by atoms with van der Waals surface area (Å²) >= 11 is 5.98. The van der Waals surface area contributed by atoms with E-state index >= 15 is 0 Å². The van der Waals surface area contributed by atoms with E-state index in [-0.39, 0.29) is 15.5 Å². The van der Waals surface area contributed by atoms with Gasteiger partial charge in [-0.15, -0.1) is 4.40 Å². The van der Waals surface area contributed by atoms with Gasteiger partial charge in [0.15, 0.2) is 0 Å². The number of rotatable bonds is 2. The highest BCUT2D eigenvalue weighted by Gasteiger charge is 2.28. The number of nitrogens with zero attached hydrogens (tertiary/aromatic N) is 1. The summed E-state index contributed by atoms with van der Waals surface area (Å²) in [6.45, 7) is 1.63. The van der Waals surface area contributed by atoms with E-state index in [0.717, 1.165) is 24.3 Å². The molecule has 3 rings (SSSR count). The summed E-state index contributed by atoms with van der Waals surface area (Å²) in [4.78, 5) is -0.359. The molecule has 0 unspecified atom stereocenters. The first-order valence-electron chi connectivity index (χ1n) is 6.79. The highest BCUT2D eigenvalue weighted by molar-refractivity contribution is 7.91. The van der Waals surface area contributed by atoms with Crippen molar-refractivity contribution in [2.75, 3.05) is 5.32 Å². The second kappa shape index (κ2) is 5.97. The van der Waals surface area contributed by atoms with Gasteiger partial charge in [0.2, 0.25) is 5.96 Å². The van der Waals surface area contributed by atoms with Crippen LogP contribution in [0.5, 0.6) is 0 Å². The molecule has 1 aliphatic rings. The van der Waals surface area contributed by atoms with E-state index in [1.807, 2.05) is 4.72 Å². The quantitative estimate of drug-likeness (QED) is 0.800. The first-order chi connectivity index (χ1) is 11.6. The fourth-order valence-electron chi connectivity index (χ4n) is 2.13. The van der Waals surface area contributed by atoms with E-state index in [2.05, 4.69) is 9.71 Å². The SMILES string of the molecule is Cc1cc2c(cc1Cl)NC(NS(=O)(=O)c1ccc(F)cc1)=NS2(=O)=O. The van der Waals surface area contributed by atoms with Crippen LogP contribution in [-0.4, -0.2) is 22.8 Å². The number of anilines is 1. The maximum atomic E-state index is 12.9. The van der Waals surface area contributed by atoms with Gasteiger partial charge in [0.1, 0.15) is 10.7 Å². The molecule has 0 saturated heterocycles. The molecule has 0 aliphatic carbocycles. The first-order valence-corrected chi connectivity index (χ1v) is 10.1. The summed E-state index contributed by atoms with van der Waals surface area (Å²) in [5.41, 5.74) is 0.638. The van der Waals surface area contributed by atoms with Crippen molar-refractivity contribution in [1.29, 1.82) is 0 Å². The topological polar surface area (TPSA) is 105 Å². The molecule has 2 aromatic carbocycles. The van der Waals surface area contributed by atoms with Crippen LogP contribution in [0, 0.1) is 12.7 Å². The molecule has 0 saturated carbocycles. The second-order valence-corrected chi connectivity index (χ2v) is 8.86. The lowest BCUT2D eigenvalue weighted by Gasteiger charge is -2.20. The van der Waals surface area contributed by atoms with Crippen molar-refractivity contribution in [2.45, 2.75) is 16.7 Å². The lowest BCUT2D eigenvalue weighted by Crippen LogP contribution is -2.38. The molecule has 0 bridgehead atoms. The fraction of sp³-hybridized carbons (Fsp3) is 0.0714. The van der Waals surface area contributed by atoms with Gasteiger partial charge in [-0.25, -0.2) is 17.5 Å². The van der Waals surface area contributed by atoms with Crippen molar-refractivity contribution in [3.63, 3.8) is 0 Å². The molecule has 1 heterocycles. The fourth-order valence-corrected chi connectivity index (χ4v) is 4.46. The maximum Gasteiger partial charge on any atom is 0.287 e. The van der Waals surface area contributed by atoms with Crippen molar-refractivity contribution in [3.05, 3.63) is 52.8 Å². The zero-order chi connectivity index (χ0) is 18.4. The van der Waals surface area contributed by atoms with Crippen molar-refractivity contribution in [1.82, 2.24) is 4.72 Å². The molecule has 132 valence electrons. The minimum Gasteiger partial charge on any atom is -0.323 e. The van der Waals surface area contributed by atoms with Crippen molar-refractivity contribution < 1.29 is 21.2 Å². The first kappa shape index (κ1) is 17.6. The molecule has 0 amide bonds. The molecule has 25 heavy (non-hydrogen) atoms. The Bertz CT molecular complexity index is 1100. The van der Waals surface area contributed by atoms with E-state index in [1.54, 1.807) is 6.92 Å². The normalized spacial score (nSPS) is 15.7. The van der Waals surface area contributed by atoms with Crippen LogP contribution in [-0.2, 0) is 20.0 Å². The molecule has 0 aromatic heterocycles. The highest BCUT2D eigenvalue weighted by atomic mass is 35.5. The predicted octanol–water partition coefficient (Wildman–Crippen LogP) is 2.24. The Morgan fingerprint density at radius 3 is 2.48 bits per heavy atom. The van der Waals surface area contributed by atoms with Gasteiger partial charge in [-0.1, -0.05) is 11.6 Å². The second-order valence-electron chi connectivity index (χ2n) is 5.20. The molecule has 1 aliphatic heterocycles. The molecule has 0 radical (unpaired) electrons. The van der Waals surface area contributed by atoms with Gasteiger partial charge in [0.05, 0.1) is 10.6 Å². The number of aryl methyl sites for hydroxylation is 1. The zero-order valence-corrected chi connectivity index (χ0v) is 15.0. The molecule has 2 aromatic rings. The number of hydrogen-bond acceptors (Lipinski definition) is 5. The summed E-state index contributed by atoms with van der Waals surface area (Å²) < 4.78 is 67.5. The number of halogens is 2. The van der Waals surface area contributed by atoms with Gasteiger partial charge in [0.25, 0.3) is 20.0 Å².